The van der Waals surface area contributed by atoms with Crippen molar-refractivity contribution in [2.24, 2.45) is 0 Å². The Morgan fingerprint density at radius 1 is 1.21 bits per heavy atom. The van der Waals surface area contributed by atoms with Gasteiger partial charge in [-0.3, -0.25) is 0 Å². The van der Waals surface area contributed by atoms with E-state index in [2.05, 4.69) is 19.9 Å². The minimum absolute atomic E-state index is 0.406. The number of aromatic nitrogens is 4. The van der Waals surface area contributed by atoms with E-state index >= 15 is 0 Å². The van der Waals surface area contributed by atoms with E-state index in [1.54, 1.807) is 12.4 Å². The highest BCUT2D eigenvalue weighted by Crippen LogP contribution is 2.18. The van der Waals surface area contributed by atoms with E-state index in [0.29, 0.717) is 17.3 Å². The summed E-state index contributed by atoms with van der Waals surface area (Å²) in [7, 11) is 0. The Balaban J connectivity index is 2.60. The molecule has 0 unspecified atom stereocenters. The van der Waals surface area contributed by atoms with Crippen molar-refractivity contribution in [1.82, 2.24) is 19.9 Å². The highest BCUT2D eigenvalue weighted by atomic mass is 15.0. The Hall–Kier alpha value is -1.91. The first-order valence-electron chi connectivity index (χ1n) is 4.29. The Kier molecular flexibility index (Phi) is 1.92. The van der Waals surface area contributed by atoms with Crippen LogP contribution in [0.15, 0.2) is 12.4 Å². The number of hydrogen-bond acceptors (Lipinski definition) is 4. The van der Waals surface area contributed by atoms with Crippen molar-refractivity contribution in [2.45, 2.75) is 13.8 Å². The van der Waals surface area contributed by atoms with E-state index in [0.717, 1.165) is 11.4 Å². The van der Waals surface area contributed by atoms with Gasteiger partial charge in [-0.15, -0.1) is 0 Å². The number of aromatic amines is 1. The van der Waals surface area contributed by atoms with Gasteiger partial charge in [-0.1, -0.05) is 0 Å². The number of H-pyrrole nitrogens is 1. The van der Waals surface area contributed by atoms with Crippen LogP contribution < -0.4 is 5.73 Å². The summed E-state index contributed by atoms with van der Waals surface area (Å²) in [6, 6.07) is 0. The molecule has 0 bridgehead atoms. The van der Waals surface area contributed by atoms with E-state index in [-0.39, 0.29) is 0 Å². The monoisotopic (exact) mass is 189 g/mol. The van der Waals surface area contributed by atoms with Gasteiger partial charge in [0.05, 0.1) is 11.4 Å². The Labute approximate surface area is 81.4 Å². The zero-order valence-corrected chi connectivity index (χ0v) is 8.07. The van der Waals surface area contributed by atoms with Gasteiger partial charge < -0.3 is 10.7 Å². The van der Waals surface area contributed by atoms with Gasteiger partial charge in [-0.25, -0.2) is 15.0 Å². The molecule has 0 saturated carbocycles. The lowest BCUT2D eigenvalue weighted by Gasteiger charge is -2.04. The van der Waals surface area contributed by atoms with Gasteiger partial charge in [0.25, 0.3) is 0 Å². The van der Waals surface area contributed by atoms with Crippen molar-refractivity contribution in [3.05, 3.63) is 23.8 Å². The minimum Gasteiger partial charge on any atom is -0.382 e. The van der Waals surface area contributed by atoms with E-state index < -0.39 is 0 Å². The van der Waals surface area contributed by atoms with Crippen LogP contribution in [0, 0.1) is 13.8 Å². The van der Waals surface area contributed by atoms with Crippen molar-refractivity contribution < 1.29 is 0 Å². The maximum atomic E-state index is 5.75. The van der Waals surface area contributed by atoms with Gasteiger partial charge in [0.15, 0.2) is 11.6 Å². The number of nitrogen functional groups attached to an aromatic ring is 1. The summed E-state index contributed by atoms with van der Waals surface area (Å²) in [6.07, 6.45) is 3.39. The first-order chi connectivity index (χ1) is 6.68. The lowest BCUT2D eigenvalue weighted by atomic mass is 10.3. The molecule has 0 fully saturated rings. The maximum absolute atomic E-state index is 5.75. The van der Waals surface area contributed by atoms with Gasteiger partial charge in [0, 0.05) is 12.4 Å². The number of nitrogens with one attached hydrogen (secondary N) is 1. The molecule has 5 heteroatoms. The average molecular weight is 189 g/mol. The first-order valence-corrected chi connectivity index (χ1v) is 4.29. The van der Waals surface area contributed by atoms with Crippen LogP contribution in [0.4, 0.5) is 5.82 Å². The average Bonchev–Trinajstić information content (AvgIpc) is 2.64. The zero-order chi connectivity index (χ0) is 10.1. The highest BCUT2D eigenvalue weighted by molar-refractivity contribution is 5.63. The number of nitrogens with zero attached hydrogens (tertiary/aromatic N) is 3. The molecule has 14 heavy (non-hydrogen) atoms. The number of imidazole rings is 1. The topological polar surface area (TPSA) is 80.5 Å². The van der Waals surface area contributed by atoms with Crippen molar-refractivity contribution in [2.75, 3.05) is 5.73 Å². The molecule has 0 aliphatic heterocycles. The summed E-state index contributed by atoms with van der Waals surface area (Å²) < 4.78 is 0. The van der Waals surface area contributed by atoms with E-state index in [9.17, 15) is 0 Å². The second-order valence-electron chi connectivity index (χ2n) is 3.07. The van der Waals surface area contributed by atoms with Crippen molar-refractivity contribution in [3.63, 3.8) is 0 Å². The molecule has 2 aromatic rings. The Morgan fingerprint density at radius 3 is 2.57 bits per heavy atom. The Bertz CT molecular complexity index is 446. The van der Waals surface area contributed by atoms with Gasteiger partial charge in [0.2, 0.25) is 0 Å². The number of rotatable bonds is 1. The molecule has 5 nitrogen and oxygen atoms in total. The molecular weight excluding hydrogens is 178 g/mol. The molecule has 2 aromatic heterocycles. The first kappa shape index (κ1) is 8.68. The fourth-order valence-electron chi connectivity index (χ4n) is 1.19. The lowest BCUT2D eigenvalue weighted by Crippen LogP contribution is -2.02. The number of anilines is 1. The van der Waals surface area contributed by atoms with Gasteiger partial charge in [-0.2, -0.15) is 0 Å². The number of aryl methyl sites for hydroxylation is 2. The SMILES string of the molecule is Cc1nc(N)c(-c2ncc[nH]2)nc1C. The minimum atomic E-state index is 0.406. The van der Waals surface area contributed by atoms with Crippen molar-refractivity contribution in [3.8, 4) is 11.5 Å². The standard InChI is InChI=1S/C9H11N5/c1-5-6(2)14-8(10)7(13-5)9-11-3-4-12-9/h3-4H,1-2H3,(H2,10,14)(H,11,12). The molecule has 0 aliphatic rings. The summed E-state index contributed by atoms with van der Waals surface area (Å²) in [6.45, 7) is 3.78. The zero-order valence-electron chi connectivity index (χ0n) is 8.07. The van der Waals surface area contributed by atoms with Gasteiger partial charge >= 0.3 is 0 Å². The van der Waals surface area contributed by atoms with Gasteiger partial charge in [-0.05, 0) is 13.8 Å². The lowest BCUT2D eigenvalue weighted by molar-refractivity contribution is 1.05. The third-order valence-corrected chi connectivity index (χ3v) is 2.06. The van der Waals surface area contributed by atoms with Crippen LogP contribution in [-0.4, -0.2) is 19.9 Å². The molecule has 3 N–H and O–H groups in total. The highest BCUT2D eigenvalue weighted by Gasteiger charge is 2.09. The fourth-order valence-corrected chi connectivity index (χ4v) is 1.19. The van der Waals surface area contributed by atoms with Crippen molar-refractivity contribution >= 4 is 5.82 Å². The smallest absolute Gasteiger partial charge is 0.159 e. The third-order valence-electron chi connectivity index (χ3n) is 2.06. The predicted molar refractivity (Wildman–Crippen MR) is 53.5 cm³/mol. The van der Waals surface area contributed by atoms with Crippen LogP contribution in [0.1, 0.15) is 11.4 Å². The molecule has 0 aromatic carbocycles. The van der Waals surface area contributed by atoms with Crippen LogP contribution in [0.2, 0.25) is 0 Å². The fraction of sp³-hybridized carbons (Fsp3) is 0.222. The molecule has 0 amide bonds. The van der Waals surface area contributed by atoms with E-state index in [4.69, 9.17) is 5.73 Å². The van der Waals surface area contributed by atoms with Crippen LogP contribution in [-0.2, 0) is 0 Å². The summed E-state index contributed by atoms with van der Waals surface area (Å²) in [4.78, 5) is 15.5. The number of nitrogens with two attached hydrogens (primary N) is 1. The number of hydrogen-bond donors (Lipinski definition) is 2. The summed E-state index contributed by atoms with van der Waals surface area (Å²) in [5, 5.41) is 0. The summed E-state index contributed by atoms with van der Waals surface area (Å²) in [5.41, 5.74) is 8.07. The molecule has 2 heterocycles. The second-order valence-corrected chi connectivity index (χ2v) is 3.07. The maximum Gasteiger partial charge on any atom is 0.159 e. The van der Waals surface area contributed by atoms with Crippen molar-refractivity contribution in [1.29, 1.82) is 0 Å². The molecule has 0 aliphatic carbocycles. The molecule has 0 atom stereocenters. The van der Waals surface area contributed by atoms with Gasteiger partial charge in [0.1, 0.15) is 5.69 Å². The Morgan fingerprint density at radius 2 is 1.93 bits per heavy atom. The molecule has 72 valence electrons. The second kappa shape index (κ2) is 3.10. The van der Waals surface area contributed by atoms with Crippen LogP contribution in [0.25, 0.3) is 11.5 Å². The van der Waals surface area contributed by atoms with Crippen LogP contribution >= 0.6 is 0 Å². The molecular formula is C9H11N5. The van der Waals surface area contributed by atoms with E-state index in [1.807, 2.05) is 13.8 Å². The van der Waals surface area contributed by atoms with Crippen LogP contribution in [0.3, 0.4) is 0 Å². The molecule has 0 radical (unpaired) electrons. The van der Waals surface area contributed by atoms with E-state index in [1.165, 1.54) is 0 Å². The molecule has 2 rings (SSSR count). The molecule has 0 spiro atoms. The largest absolute Gasteiger partial charge is 0.382 e. The normalized spacial score (nSPS) is 10.4. The third kappa shape index (κ3) is 1.32. The quantitative estimate of drug-likeness (QED) is 0.703. The molecule has 0 saturated heterocycles. The predicted octanol–water partition coefficient (Wildman–Crippen LogP) is 1.07. The summed E-state index contributed by atoms with van der Waals surface area (Å²) >= 11 is 0. The van der Waals surface area contributed by atoms with Crippen LogP contribution in [0.5, 0.6) is 0 Å². The summed E-state index contributed by atoms with van der Waals surface area (Å²) in [5.74, 6) is 1.06.